The number of hydrogen-bond acceptors (Lipinski definition) is 3. The highest BCUT2D eigenvalue weighted by atomic mass is 16.6. The molecule has 0 spiro atoms. The summed E-state index contributed by atoms with van der Waals surface area (Å²) < 4.78 is 0. The van der Waals surface area contributed by atoms with Gasteiger partial charge in [-0.1, -0.05) is 55.4 Å². The summed E-state index contributed by atoms with van der Waals surface area (Å²) in [5.74, 6) is 0. The summed E-state index contributed by atoms with van der Waals surface area (Å²) in [6.07, 6.45) is 6.74. The van der Waals surface area contributed by atoms with Crippen molar-refractivity contribution in [1.29, 1.82) is 0 Å². The average molecular weight is 294 g/mol. The fraction of sp³-hybridized carbons (Fsp3) is 0.368. The Morgan fingerprint density at radius 2 is 2.00 bits per heavy atom. The lowest BCUT2D eigenvalue weighted by atomic mass is 9.72. The van der Waals surface area contributed by atoms with E-state index in [1.807, 2.05) is 36.7 Å². The predicted octanol–water partition coefficient (Wildman–Crippen LogP) is 4.23. The first-order valence-electron chi connectivity index (χ1n) is 7.88. The van der Waals surface area contributed by atoms with Crippen molar-refractivity contribution in [2.75, 3.05) is 0 Å². The van der Waals surface area contributed by atoms with Crippen LogP contribution < -0.4 is 0 Å². The molecule has 3 rings (SSSR count). The van der Waals surface area contributed by atoms with Gasteiger partial charge in [-0.2, -0.15) is 0 Å². The van der Waals surface area contributed by atoms with E-state index >= 15 is 0 Å². The lowest BCUT2D eigenvalue weighted by molar-refractivity contribution is -0.0442. The van der Waals surface area contributed by atoms with Crippen LogP contribution in [-0.2, 0) is 11.3 Å². The van der Waals surface area contributed by atoms with Crippen molar-refractivity contribution in [1.82, 2.24) is 4.98 Å². The van der Waals surface area contributed by atoms with Crippen LogP contribution in [0.15, 0.2) is 60.0 Å². The van der Waals surface area contributed by atoms with Gasteiger partial charge in [0.2, 0.25) is 0 Å². The Bertz CT molecular complexity index is 639. The molecule has 0 radical (unpaired) electrons. The first-order valence-corrected chi connectivity index (χ1v) is 7.88. The van der Waals surface area contributed by atoms with E-state index in [1.165, 1.54) is 5.56 Å². The van der Waals surface area contributed by atoms with Gasteiger partial charge in [0, 0.05) is 24.2 Å². The zero-order chi connectivity index (χ0) is 15.4. The van der Waals surface area contributed by atoms with Gasteiger partial charge in [0.25, 0.3) is 0 Å². The number of benzene rings is 1. The molecule has 3 heteroatoms. The van der Waals surface area contributed by atoms with Crippen LogP contribution in [0.1, 0.15) is 37.8 Å². The van der Waals surface area contributed by atoms with Gasteiger partial charge in [-0.3, -0.25) is 4.98 Å². The van der Waals surface area contributed by atoms with E-state index < -0.39 is 0 Å². The molecule has 0 N–H and O–H groups in total. The maximum absolute atomic E-state index is 5.85. The van der Waals surface area contributed by atoms with Crippen LogP contribution in [0.3, 0.4) is 0 Å². The predicted molar refractivity (Wildman–Crippen MR) is 88.8 cm³/mol. The molecule has 2 heterocycles. The standard InChI is InChI=1S/C19H22N2O/c1-3-18-19(2,12-15-8-7-11-20-14-15)13-17(21-22-18)16-9-5-4-6-10-16/h4-11,14,18H,3,12-13H2,1-2H3. The third kappa shape index (κ3) is 3.03. The summed E-state index contributed by atoms with van der Waals surface area (Å²) in [6, 6.07) is 14.4. The van der Waals surface area contributed by atoms with Gasteiger partial charge in [0.15, 0.2) is 0 Å². The lowest BCUT2D eigenvalue weighted by Crippen LogP contribution is -2.41. The molecule has 0 amide bonds. The molecule has 1 aromatic heterocycles. The molecule has 2 atom stereocenters. The molecule has 3 nitrogen and oxygen atoms in total. The molecular formula is C19H22N2O. The Labute approximate surface area is 132 Å². The maximum Gasteiger partial charge on any atom is 0.133 e. The number of aromatic nitrogens is 1. The minimum Gasteiger partial charge on any atom is -0.392 e. The van der Waals surface area contributed by atoms with E-state index in [-0.39, 0.29) is 11.5 Å². The van der Waals surface area contributed by atoms with Crippen LogP contribution in [0.5, 0.6) is 0 Å². The maximum atomic E-state index is 5.85. The molecule has 0 saturated heterocycles. The smallest absolute Gasteiger partial charge is 0.133 e. The highest BCUT2D eigenvalue weighted by Crippen LogP contribution is 2.38. The molecule has 2 aromatic rings. The van der Waals surface area contributed by atoms with Crippen molar-refractivity contribution in [2.24, 2.45) is 10.6 Å². The molecule has 0 saturated carbocycles. The summed E-state index contributed by atoms with van der Waals surface area (Å²) in [5, 5.41) is 4.39. The molecule has 1 aliphatic rings. The second-order valence-electron chi connectivity index (χ2n) is 6.28. The number of nitrogens with zero attached hydrogens (tertiary/aromatic N) is 2. The highest BCUT2D eigenvalue weighted by Gasteiger charge is 2.40. The fourth-order valence-corrected chi connectivity index (χ4v) is 3.28. The summed E-state index contributed by atoms with van der Waals surface area (Å²) in [5.41, 5.74) is 3.47. The van der Waals surface area contributed by atoms with Gasteiger partial charge in [0.1, 0.15) is 6.10 Å². The van der Waals surface area contributed by atoms with Gasteiger partial charge in [-0.25, -0.2) is 0 Å². The van der Waals surface area contributed by atoms with Crippen molar-refractivity contribution in [2.45, 2.75) is 39.2 Å². The van der Waals surface area contributed by atoms with Crippen molar-refractivity contribution in [3.8, 4) is 0 Å². The van der Waals surface area contributed by atoms with E-state index in [0.29, 0.717) is 0 Å². The van der Waals surface area contributed by atoms with Crippen molar-refractivity contribution in [3.05, 3.63) is 66.0 Å². The van der Waals surface area contributed by atoms with E-state index in [0.717, 1.165) is 30.5 Å². The zero-order valence-corrected chi connectivity index (χ0v) is 13.2. The second kappa shape index (κ2) is 6.30. The summed E-state index contributed by atoms with van der Waals surface area (Å²) >= 11 is 0. The van der Waals surface area contributed by atoms with Gasteiger partial charge < -0.3 is 4.84 Å². The second-order valence-corrected chi connectivity index (χ2v) is 6.28. The normalized spacial score (nSPS) is 24.5. The number of oxime groups is 1. The Hall–Kier alpha value is -2.16. The highest BCUT2D eigenvalue weighted by molar-refractivity contribution is 6.00. The van der Waals surface area contributed by atoms with Crippen molar-refractivity contribution < 1.29 is 4.84 Å². The summed E-state index contributed by atoms with van der Waals surface area (Å²) in [4.78, 5) is 10.1. The molecule has 22 heavy (non-hydrogen) atoms. The quantitative estimate of drug-likeness (QED) is 0.845. The number of rotatable bonds is 4. The van der Waals surface area contributed by atoms with E-state index in [1.54, 1.807) is 0 Å². The lowest BCUT2D eigenvalue weighted by Gasteiger charge is -2.39. The molecule has 2 unspecified atom stereocenters. The van der Waals surface area contributed by atoms with E-state index in [4.69, 9.17) is 4.84 Å². The van der Waals surface area contributed by atoms with Gasteiger partial charge in [-0.15, -0.1) is 0 Å². The summed E-state index contributed by atoms with van der Waals surface area (Å²) in [6.45, 7) is 4.46. The topological polar surface area (TPSA) is 34.5 Å². The molecule has 0 fully saturated rings. The van der Waals surface area contributed by atoms with Gasteiger partial charge >= 0.3 is 0 Å². The van der Waals surface area contributed by atoms with Crippen LogP contribution in [0.2, 0.25) is 0 Å². The molecule has 1 aromatic carbocycles. The van der Waals surface area contributed by atoms with Crippen LogP contribution >= 0.6 is 0 Å². The van der Waals surface area contributed by atoms with Crippen molar-refractivity contribution >= 4 is 5.71 Å². The minimum atomic E-state index is 0.0324. The number of hydrogen-bond donors (Lipinski definition) is 0. The monoisotopic (exact) mass is 294 g/mol. The largest absolute Gasteiger partial charge is 0.392 e. The Kier molecular flexibility index (Phi) is 4.23. The molecule has 0 aliphatic carbocycles. The van der Waals surface area contributed by atoms with Crippen LogP contribution in [0.25, 0.3) is 0 Å². The van der Waals surface area contributed by atoms with Gasteiger partial charge in [-0.05, 0) is 30.0 Å². The van der Waals surface area contributed by atoms with E-state index in [2.05, 4.69) is 42.2 Å². The zero-order valence-electron chi connectivity index (χ0n) is 13.2. The third-order valence-corrected chi connectivity index (χ3v) is 4.45. The first kappa shape index (κ1) is 14.8. The third-order valence-electron chi connectivity index (χ3n) is 4.45. The average Bonchev–Trinajstić information content (AvgIpc) is 2.56. The number of pyridine rings is 1. The molecular weight excluding hydrogens is 272 g/mol. The molecule has 114 valence electrons. The summed E-state index contributed by atoms with van der Waals surface area (Å²) in [7, 11) is 0. The fourth-order valence-electron chi connectivity index (χ4n) is 3.28. The molecule has 0 bridgehead atoms. The van der Waals surface area contributed by atoms with Crippen molar-refractivity contribution in [3.63, 3.8) is 0 Å². The Morgan fingerprint density at radius 1 is 1.18 bits per heavy atom. The first-order chi connectivity index (χ1) is 10.7. The molecule has 1 aliphatic heterocycles. The minimum absolute atomic E-state index is 0.0324. The Morgan fingerprint density at radius 3 is 2.68 bits per heavy atom. The van der Waals surface area contributed by atoms with Crippen LogP contribution in [0, 0.1) is 5.41 Å². The SMILES string of the molecule is CCC1ON=C(c2ccccc2)CC1(C)Cc1cccnc1. The van der Waals surface area contributed by atoms with E-state index in [9.17, 15) is 0 Å². The van der Waals surface area contributed by atoms with Gasteiger partial charge in [0.05, 0.1) is 5.71 Å². The van der Waals surface area contributed by atoms with Crippen LogP contribution in [0.4, 0.5) is 0 Å². The van der Waals surface area contributed by atoms with Crippen LogP contribution in [-0.4, -0.2) is 16.8 Å². The Balaban J connectivity index is 1.87.